The summed E-state index contributed by atoms with van der Waals surface area (Å²) in [7, 11) is 1.58. The number of benzene rings is 2. The fourth-order valence-electron chi connectivity index (χ4n) is 2.88. The van der Waals surface area contributed by atoms with Crippen molar-refractivity contribution in [3.63, 3.8) is 0 Å². The predicted molar refractivity (Wildman–Crippen MR) is 127 cm³/mol. The topological polar surface area (TPSA) is 67.9 Å². The average molecular weight is 585 g/mol. The molecule has 0 spiro atoms. The van der Waals surface area contributed by atoms with E-state index in [1.807, 2.05) is 37.3 Å². The van der Waals surface area contributed by atoms with Crippen LogP contribution in [0.2, 0.25) is 0 Å². The van der Waals surface area contributed by atoms with Gasteiger partial charge in [0.05, 0.1) is 23.3 Å². The van der Waals surface area contributed by atoms with Crippen LogP contribution in [0.1, 0.15) is 31.4 Å². The highest BCUT2D eigenvalue weighted by atomic mass is 127. The maximum atomic E-state index is 12.8. The molecule has 1 N–H and O–H groups in total. The summed E-state index contributed by atoms with van der Waals surface area (Å²) in [6.45, 7) is 4.26. The minimum Gasteiger partial charge on any atom is -0.493 e. The Morgan fingerprint density at radius 3 is 2.57 bits per heavy atom. The Morgan fingerprint density at radius 1 is 1.23 bits per heavy atom. The van der Waals surface area contributed by atoms with E-state index in [-0.39, 0.29) is 24.3 Å². The smallest absolute Gasteiger partial charge is 0.329 e. The summed E-state index contributed by atoms with van der Waals surface area (Å²) in [5.41, 5.74) is 1.83. The molecule has 0 saturated carbocycles. The van der Waals surface area contributed by atoms with Gasteiger partial charge in [-0.25, -0.2) is 4.79 Å². The Hall–Kier alpha value is -2.07. The Kier molecular flexibility index (Phi) is 7.41. The molecule has 1 heterocycles. The van der Waals surface area contributed by atoms with Crippen LogP contribution in [-0.4, -0.2) is 30.1 Å². The number of halogens is 2. The van der Waals surface area contributed by atoms with Crippen molar-refractivity contribution < 1.29 is 19.1 Å². The Balaban J connectivity index is 1.84. The SMILES string of the molecule is CC[C@@H](C)Oc1c(I)cc(/C=C2/NC(=O)N(Cc3ccc(Br)cc3)C2=O)cc1OC. The van der Waals surface area contributed by atoms with E-state index >= 15 is 0 Å². The molecule has 1 saturated heterocycles. The molecule has 1 fully saturated rings. The molecule has 0 radical (unpaired) electrons. The lowest BCUT2D eigenvalue weighted by Crippen LogP contribution is -2.30. The van der Waals surface area contributed by atoms with Crippen LogP contribution in [0, 0.1) is 3.57 Å². The fraction of sp³-hybridized carbons (Fsp3) is 0.273. The van der Waals surface area contributed by atoms with Gasteiger partial charge < -0.3 is 14.8 Å². The first kappa shape index (κ1) is 22.6. The van der Waals surface area contributed by atoms with Crippen molar-refractivity contribution in [2.75, 3.05) is 7.11 Å². The number of amides is 3. The van der Waals surface area contributed by atoms with Crippen molar-refractivity contribution >= 4 is 56.5 Å². The number of hydrogen-bond donors (Lipinski definition) is 1. The van der Waals surface area contributed by atoms with Crippen LogP contribution >= 0.6 is 38.5 Å². The average Bonchev–Trinajstić information content (AvgIpc) is 2.98. The first-order valence-corrected chi connectivity index (χ1v) is 11.3. The van der Waals surface area contributed by atoms with Gasteiger partial charge in [0.25, 0.3) is 5.91 Å². The van der Waals surface area contributed by atoms with Crippen LogP contribution < -0.4 is 14.8 Å². The molecule has 1 aliphatic heterocycles. The van der Waals surface area contributed by atoms with Crippen molar-refractivity contribution in [3.05, 3.63) is 61.3 Å². The van der Waals surface area contributed by atoms with Gasteiger partial charge in [0, 0.05) is 4.47 Å². The van der Waals surface area contributed by atoms with Crippen molar-refractivity contribution in [2.24, 2.45) is 0 Å². The summed E-state index contributed by atoms with van der Waals surface area (Å²) >= 11 is 5.56. The van der Waals surface area contributed by atoms with Crippen LogP contribution in [-0.2, 0) is 11.3 Å². The molecule has 2 aromatic carbocycles. The minimum absolute atomic E-state index is 0.0551. The highest BCUT2D eigenvalue weighted by Gasteiger charge is 2.33. The molecule has 6 nitrogen and oxygen atoms in total. The minimum atomic E-state index is -0.437. The maximum absolute atomic E-state index is 12.8. The predicted octanol–water partition coefficient (Wildman–Crippen LogP) is 5.33. The highest BCUT2D eigenvalue weighted by Crippen LogP contribution is 2.35. The zero-order valence-electron chi connectivity index (χ0n) is 16.9. The van der Waals surface area contributed by atoms with Crippen LogP contribution in [0.25, 0.3) is 6.08 Å². The Labute approximate surface area is 197 Å². The van der Waals surface area contributed by atoms with Gasteiger partial charge in [-0.15, -0.1) is 0 Å². The molecule has 8 heteroatoms. The van der Waals surface area contributed by atoms with E-state index in [1.54, 1.807) is 19.3 Å². The number of ether oxygens (including phenoxy) is 2. The Bertz CT molecular complexity index is 991. The molecule has 3 rings (SSSR count). The third-order valence-electron chi connectivity index (χ3n) is 4.67. The number of nitrogens with zero attached hydrogens (tertiary/aromatic N) is 1. The van der Waals surface area contributed by atoms with Crippen molar-refractivity contribution in [1.29, 1.82) is 0 Å². The van der Waals surface area contributed by atoms with Gasteiger partial charge in [-0.05, 0) is 77.4 Å². The molecular formula is C22H22BrIN2O4. The molecule has 0 unspecified atom stereocenters. The highest BCUT2D eigenvalue weighted by molar-refractivity contribution is 14.1. The van der Waals surface area contributed by atoms with Crippen LogP contribution in [0.4, 0.5) is 4.79 Å². The maximum Gasteiger partial charge on any atom is 0.329 e. The van der Waals surface area contributed by atoms with E-state index in [1.165, 1.54) is 4.90 Å². The van der Waals surface area contributed by atoms with Crippen LogP contribution in [0.15, 0.2) is 46.6 Å². The lowest BCUT2D eigenvalue weighted by atomic mass is 10.1. The van der Waals surface area contributed by atoms with Gasteiger partial charge in [-0.2, -0.15) is 0 Å². The molecule has 2 aromatic rings. The van der Waals surface area contributed by atoms with Gasteiger partial charge in [0.1, 0.15) is 5.70 Å². The lowest BCUT2D eigenvalue weighted by molar-refractivity contribution is -0.123. The number of rotatable bonds is 7. The van der Waals surface area contributed by atoms with Gasteiger partial charge in [-0.1, -0.05) is 35.0 Å². The number of urea groups is 1. The van der Waals surface area contributed by atoms with Gasteiger partial charge in [-0.3, -0.25) is 9.69 Å². The lowest BCUT2D eigenvalue weighted by Gasteiger charge is -2.17. The Morgan fingerprint density at radius 2 is 1.93 bits per heavy atom. The van der Waals surface area contributed by atoms with Crippen LogP contribution in [0.5, 0.6) is 11.5 Å². The monoisotopic (exact) mass is 584 g/mol. The number of methoxy groups -OCH3 is 1. The fourth-order valence-corrected chi connectivity index (χ4v) is 3.89. The van der Waals surface area contributed by atoms with Gasteiger partial charge >= 0.3 is 6.03 Å². The molecule has 0 bridgehead atoms. The van der Waals surface area contributed by atoms with E-state index in [4.69, 9.17) is 9.47 Å². The third-order valence-corrected chi connectivity index (χ3v) is 6.00. The summed E-state index contributed by atoms with van der Waals surface area (Å²) in [5, 5.41) is 2.66. The quantitative estimate of drug-likeness (QED) is 0.271. The largest absolute Gasteiger partial charge is 0.493 e. The third kappa shape index (κ3) is 5.15. The standard InChI is InChI=1S/C22H22BrIN2O4/c1-4-13(2)30-20-17(24)9-15(11-19(20)29-3)10-18-21(27)26(22(28)25-18)12-14-5-7-16(23)8-6-14/h5-11,13H,4,12H2,1-3H3,(H,25,28)/b18-10+/t13-/m1/s1. The molecule has 0 aliphatic carbocycles. The summed E-state index contributed by atoms with van der Waals surface area (Å²) in [5.74, 6) is 0.891. The van der Waals surface area contributed by atoms with Crippen LogP contribution in [0.3, 0.4) is 0 Å². The molecule has 158 valence electrons. The molecule has 1 atom stereocenters. The number of hydrogen-bond acceptors (Lipinski definition) is 4. The second-order valence-corrected chi connectivity index (χ2v) is 8.95. The molecule has 30 heavy (non-hydrogen) atoms. The van der Waals surface area contributed by atoms with Crippen molar-refractivity contribution in [3.8, 4) is 11.5 Å². The van der Waals surface area contributed by atoms with Crippen molar-refractivity contribution in [1.82, 2.24) is 10.2 Å². The number of imide groups is 1. The zero-order valence-corrected chi connectivity index (χ0v) is 20.6. The number of carbonyl (C=O) groups is 2. The summed E-state index contributed by atoms with van der Waals surface area (Å²) in [6, 6.07) is 10.7. The van der Waals surface area contributed by atoms with E-state index in [2.05, 4.69) is 50.8 Å². The summed E-state index contributed by atoms with van der Waals surface area (Å²) in [4.78, 5) is 26.3. The van der Waals surface area contributed by atoms with Crippen molar-refractivity contribution in [2.45, 2.75) is 32.9 Å². The van der Waals surface area contributed by atoms with E-state index in [0.717, 1.165) is 25.6 Å². The normalized spacial score (nSPS) is 16.0. The van der Waals surface area contributed by atoms with E-state index < -0.39 is 6.03 Å². The first-order valence-electron chi connectivity index (χ1n) is 9.45. The second-order valence-electron chi connectivity index (χ2n) is 6.88. The molecule has 0 aromatic heterocycles. The van der Waals surface area contributed by atoms with Gasteiger partial charge in [0.15, 0.2) is 11.5 Å². The van der Waals surface area contributed by atoms with E-state index in [0.29, 0.717) is 11.5 Å². The number of carbonyl (C=O) groups excluding carboxylic acids is 2. The number of nitrogens with one attached hydrogen (secondary N) is 1. The first-order chi connectivity index (χ1) is 14.3. The van der Waals surface area contributed by atoms with E-state index in [9.17, 15) is 9.59 Å². The molecule has 3 amide bonds. The summed E-state index contributed by atoms with van der Waals surface area (Å²) < 4.78 is 13.3. The molecular weight excluding hydrogens is 563 g/mol. The summed E-state index contributed by atoms with van der Waals surface area (Å²) in [6.07, 6.45) is 2.58. The molecule has 1 aliphatic rings. The second kappa shape index (κ2) is 9.82. The zero-order chi connectivity index (χ0) is 21.8. The van der Waals surface area contributed by atoms with Gasteiger partial charge in [0.2, 0.25) is 0 Å².